The molecule has 0 spiro atoms. The molecule has 0 N–H and O–H groups in total. The van der Waals surface area contributed by atoms with Crippen molar-refractivity contribution in [1.82, 2.24) is 14.5 Å². The van der Waals surface area contributed by atoms with Gasteiger partial charge >= 0.3 is 6.03 Å². The average Bonchev–Trinajstić information content (AvgIpc) is 2.89. The van der Waals surface area contributed by atoms with E-state index in [0.717, 1.165) is 5.56 Å². The molecule has 1 heterocycles. The van der Waals surface area contributed by atoms with Gasteiger partial charge in [0.1, 0.15) is 6.33 Å². The molecule has 0 radical (unpaired) electrons. The predicted octanol–water partition coefficient (Wildman–Crippen LogP) is 2.68. The Morgan fingerprint density at radius 2 is 2.28 bits per heavy atom. The smallest absolute Gasteiger partial charge is 0.320 e. The van der Waals surface area contributed by atoms with Crippen LogP contribution in [0, 0.1) is 6.92 Å². The molecule has 18 heavy (non-hydrogen) atoms. The summed E-state index contributed by atoms with van der Waals surface area (Å²) < 4.78 is 1.50. The lowest BCUT2D eigenvalue weighted by Crippen LogP contribution is -2.33. The third-order valence-corrected chi connectivity index (χ3v) is 2.83. The van der Waals surface area contributed by atoms with E-state index in [0.29, 0.717) is 13.1 Å². The zero-order valence-corrected chi connectivity index (χ0v) is 10.7. The number of carbonyl (C=O) groups excluding carboxylic acids is 1. The number of aromatic nitrogens is 2. The first-order valence-corrected chi connectivity index (χ1v) is 6.03. The predicted molar refractivity (Wildman–Crippen MR) is 70.3 cm³/mol. The monoisotopic (exact) mass is 243 g/mol. The van der Waals surface area contributed by atoms with Gasteiger partial charge in [-0.25, -0.2) is 9.78 Å². The molecule has 2 aromatic rings. The number of rotatable bonds is 3. The Morgan fingerprint density at radius 1 is 1.44 bits per heavy atom. The Hall–Kier alpha value is -2.10. The first-order valence-electron chi connectivity index (χ1n) is 6.03. The molecule has 0 saturated heterocycles. The Bertz CT molecular complexity index is 520. The fourth-order valence-electron chi connectivity index (χ4n) is 1.88. The van der Waals surface area contributed by atoms with Crippen molar-refractivity contribution >= 4 is 6.03 Å². The number of hydrogen-bond donors (Lipinski definition) is 0. The van der Waals surface area contributed by atoms with Gasteiger partial charge in [-0.05, 0) is 19.4 Å². The zero-order valence-electron chi connectivity index (χ0n) is 10.7. The van der Waals surface area contributed by atoms with Crippen LogP contribution in [0.15, 0.2) is 43.0 Å². The van der Waals surface area contributed by atoms with Crippen molar-refractivity contribution in [2.24, 2.45) is 0 Å². The SMILES string of the molecule is CCN(Cc1cccc(C)c1)C(=O)n1ccnc1. The average molecular weight is 243 g/mol. The molecular weight excluding hydrogens is 226 g/mol. The summed E-state index contributed by atoms with van der Waals surface area (Å²) in [4.78, 5) is 17.9. The summed E-state index contributed by atoms with van der Waals surface area (Å²) in [7, 11) is 0. The Kier molecular flexibility index (Phi) is 3.77. The molecule has 4 heteroatoms. The van der Waals surface area contributed by atoms with E-state index < -0.39 is 0 Å². The molecule has 0 unspecified atom stereocenters. The number of hydrogen-bond acceptors (Lipinski definition) is 2. The highest BCUT2D eigenvalue weighted by molar-refractivity contribution is 5.76. The second-order valence-corrected chi connectivity index (χ2v) is 4.26. The second-order valence-electron chi connectivity index (χ2n) is 4.26. The lowest BCUT2D eigenvalue weighted by atomic mass is 10.1. The van der Waals surface area contributed by atoms with E-state index in [1.165, 1.54) is 16.5 Å². The summed E-state index contributed by atoms with van der Waals surface area (Å²) in [5.74, 6) is 0. The van der Waals surface area contributed by atoms with Gasteiger partial charge in [0.2, 0.25) is 0 Å². The molecule has 0 aliphatic carbocycles. The van der Waals surface area contributed by atoms with E-state index in [-0.39, 0.29) is 6.03 Å². The van der Waals surface area contributed by atoms with Crippen molar-refractivity contribution in [2.75, 3.05) is 6.54 Å². The molecule has 1 aromatic carbocycles. The Morgan fingerprint density at radius 3 is 2.89 bits per heavy atom. The van der Waals surface area contributed by atoms with Gasteiger partial charge in [0.25, 0.3) is 0 Å². The fraction of sp³-hybridized carbons (Fsp3) is 0.286. The molecule has 2 rings (SSSR count). The number of amides is 1. The van der Waals surface area contributed by atoms with Crippen molar-refractivity contribution in [3.05, 3.63) is 54.1 Å². The molecular formula is C14H17N3O. The van der Waals surface area contributed by atoms with Crippen LogP contribution in [0.4, 0.5) is 4.79 Å². The van der Waals surface area contributed by atoms with Crippen LogP contribution < -0.4 is 0 Å². The summed E-state index contributed by atoms with van der Waals surface area (Å²) in [6.45, 7) is 5.32. The second kappa shape index (κ2) is 5.49. The largest absolute Gasteiger partial charge is 0.329 e. The minimum atomic E-state index is -0.0449. The third kappa shape index (κ3) is 2.77. The highest BCUT2D eigenvalue weighted by Crippen LogP contribution is 2.09. The van der Waals surface area contributed by atoms with Crippen molar-refractivity contribution in [1.29, 1.82) is 0 Å². The van der Waals surface area contributed by atoms with Crippen molar-refractivity contribution in [3.8, 4) is 0 Å². The molecule has 94 valence electrons. The first-order chi connectivity index (χ1) is 8.70. The highest BCUT2D eigenvalue weighted by Gasteiger charge is 2.13. The third-order valence-electron chi connectivity index (χ3n) is 2.83. The fourth-order valence-corrected chi connectivity index (χ4v) is 1.88. The van der Waals surface area contributed by atoms with Crippen LogP contribution >= 0.6 is 0 Å². The van der Waals surface area contributed by atoms with Crippen LogP contribution in [-0.4, -0.2) is 27.0 Å². The maximum atomic E-state index is 12.2. The van der Waals surface area contributed by atoms with Gasteiger partial charge in [-0.2, -0.15) is 0 Å². The van der Waals surface area contributed by atoms with E-state index >= 15 is 0 Å². The van der Waals surface area contributed by atoms with Gasteiger partial charge in [-0.15, -0.1) is 0 Å². The summed E-state index contributed by atoms with van der Waals surface area (Å²) >= 11 is 0. The molecule has 1 aromatic heterocycles. The van der Waals surface area contributed by atoms with E-state index in [1.807, 2.05) is 19.1 Å². The Balaban J connectivity index is 2.12. The van der Waals surface area contributed by atoms with Gasteiger partial charge in [0, 0.05) is 25.5 Å². The van der Waals surface area contributed by atoms with Gasteiger partial charge in [0.05, 0.1) is 0 Å². The minimum Gasteiger partial charge on any atom is -0.320 e. The molecule has 0 saturated carbocycles. The van der Waals surface area contributed by atoms with Gasteiger partial charge in [-0.1, -0.05) is 29.8 Å². The molecule has 4 nitrogen and oxygen atoms in total. The Labute approximate surface area is 107 Å². The zero-order chi connectivity index (χ0) is 13.0. The lowest BCUT2D eigenvalue weighted by Gasteiger charge is -2.21. The molecule has 0 aliphatic rings. The maximum absolute atomic E-state index is 12.2. The molecule has 1 amide bonds. The van der Waals surface area contributed by atoms with Crippen LogP contribution in [0.5, 0.6) is 0 Å². The summed E-state index contributed by atoms with van der Waals surface area (Å²) in [6, 6.07) is 8.16. The van der Waals surface area contributed by atoms with Gasteiger partial charge < -0.3 is 4.90 Å². The topological polar surface area (TPSA) is 38.1 Å². The van der Waals surface area contributed by atoms with E-state index in [2.05, 4.69) is 24.0 Å². The summed E-state index contributed by atoms with van der Waals surface area (Å²) in [5.41, 5.74) is 2.35. The van der Waals surface area contributed by atoms with E-state index in [9.17, 15) is 4.79 Å². The number of imidazole rings is 1. The van der Waals surface area contributed by atoms with Gasteiger partial charge in [0.15, 0.2) is 0 Å². The van der Waals surface area contributed by atoms with Crippen molar-refractivity contribution < 1.29 is 4.79 Å². The summed E-state index contributed by atoms with van der Waals surface area (Å²) in [6.07, 6.45) is 4.81. The normalized spacial score (nSPS) is 10.3. The molecule has 0 atom stereocenters. The molecule has 0 aliphatic heterocycles. The first kappa shape index (κ1) is 12.4. The van der Waals surface area contributed by atoms with Crippen molar-refractivity contribution in [2.45, 2.75) is 20.4 Å². The minimum absolute atomic E-state index is 0.0449. The van der Waals surface area contributed by atoms with Crippen LogP contribution in [-0.2, 0) is 6.54 Å². The lowest BCUT2D eigenvalue weighted by molar-refractivity contribution is 0.200. The molecule has 0 bridgehead atoms. The van der Waals surface area contributed by atoms with Crippen LogP contribution in [0.3, 0.4) is 0 Å². The van der Waals surface area contributed by atoms with Crippen LogP contribution in [0.2, 0.25) is 0 Å². The summed E-state index contributed by atoms with van der Waals surface area (Å²) in [5, 5.41) is 0. The van der Waals surface area contributed by atoms with E-state index in [1.54, 1.807) is 17.3 Å². The van der Waals surface area contributed by atoms with Crippen LogP contribution in [0.1, 0.15) is 18.1 Å². The van der Waals surface area contributed by atoms with Crippen molar-refractivity contribution in [3.63, 3.8) is 0 Å². The van der Waals surface area contributed by atoms with Crippen LogP contribution in [0.25, 0.3) is 0 Å². The maximum Gasteiger partial charge on any atom is 0.329 e. The highest BCUT2D eigenvalue weighted by atomic mass is 16.2. The standard InChI is InChI=1S/C14H17N3O/c1-3-16(14(18)17-8-7-15-11-17)10-13-6-4-5-12(2)9-13/h4-9,11H,3,10H2,1-2H3. The number of nitrogens with zero attached hydrogens (tertiary/aromatic N) is 3. The quantitative estimate of drug-likeness (QED) is 0.831. The number of aryl methyl sites for hydroxylation is 1. The molecule has 0 fully saturated rings. The number of carbonyl (C=O) groups is 1. The number of benzene rings is 1. The van der Waals surface area contributed by atoms with E-state index in [4.69, 9.17) is 0 Å². The van der Waals surface area contributed by atoms with Gasteiger partial charge in [-0.3, -0.25) is 4.57 Å².